The molecular formula is C27H20Cl2N2O8S. The van der Waals surface area contributed by atoms with Crippen molar-refractivity contribution in [1.29, 1.82) is 0 Å². The van der Waals surface area contributed by atoms with E-state index in [-0.39, 0.29) is 23.0 Å². The number of sulfone groups is 1. The van der Waals surface area contributed by atoms with Crippen molar-refractivity contribution in [3.63, 3.8) is 0 Å². The highest BCUT2D eigenvalue weighted by atomic mass is 35.5. The Hall–Kier alpha value is -4.06. The van der Waals surface area contributed by atoms with Crippen LogP contribution in [0.15, 0.2) is 90.5 Å². The summed E-state index contributed by atoms with van der Waals surface area (Å²) in [6.07, 6.45) is 0.299. The molecule has 0 radical (unpaired) electrons. The summed E-state index contributed by atoms with van der Waals surface area (Å²) in [4.78, 5) is 12.5. The van der Waals surface area contributed by atoms with E-state index in [2.05, 4.69) is 9.79 Å². The van der Waals surface area contributed by atoms with Gasteiger partial charge in [0.2, 0.25) is 0 Å². The van der Waals surface area contributed by atoms with Gasteiger partial charge in [-0.25, -0.2) is 13.2 Å². The summed E-state index contributed by atoms with van der Waals surface area (Å²) in [5.41, 5.74) is 1.85. The van der Waals surface area contributed by atoms with E-state index in [4.69, 9.17) is 37.1 Å². The summed E-state index contributed by atoms with van der Waals surface area (Å²) in [6.45, 7) is 1.63. The molecule has 0 amide bonds. The summed E-state index contributed by atoms with van der Waals surface area (Å²) < 4.78 is 46.8. The highest BCUT2D eigenvalue weighted by molar-refractivity contribution is 7.91. The highest BCUT2D eigenvalue weighted by Crippen LogP contribution is 2.28. The molecule has 0 saturated carbocycles. The van der Waals surface area contributed by atoms with Crippen molar-refractivity contribution in [1.82, 2.24) is 5.16 Å². The van der Waals surface area contributed by atoms with Crippen molar-refractivity contribution in [2.45, 2.75) is 23.3 Å². The molecule has 0 N–H and O–H groups in total. The first kappa shape index (κ1) is 27.5. The van der Waals surface area contributed by atoms with E-state index in [1.165, 1.54) is 24.3 Å². The van der Waals surface area contributed by atoms with Crippen molar-refractivity contribution in [2.24, 2.45) is 0 Å². The number of hydrogen-bond donors (Lipinski definition) is 0. The first-order valence-electron chi connectivity index (χ1n) is 11.8. The van der Waals surface area contributed by atoms with E-state index in [0.29, 0.717) is 33.4 Å². The molecule has 206 valence electrons. The summed E-state index contributed by atoms with van der Waals surface area (Å²) >= 11 is 12.2. The van der Waals surface area contributed by atoms with Crippen LogP contribution in [0.1, 0.15) is 16.7 Å². The number of nitrogens with zero attached hydrogens (tertiary/aromatic N) is 2. The second kappa shape index (κ2) is 11.2. The molecule has 0 aliphatic heterocycles. The van der Waals surface area contributed by atoms with Crippen LogP contribution in [-0.4, -0.2) is 26.8 Å². The molecule has 10 nitrogen and oxygen atoms in total. The number of fused-ring (bicyclic) bond motifs is 1. The fourth-order valence-electron chi connectivity index (χ4n) is 4.12. The van der Waals surface area contributed by atoms with Gasteiger partial charge < -0.3 is 19.1 Å². The highest BCUT2D eigenvalue weighted by Gasteiger charge is 2.35. The number of benzene rings is 3. The van der Waals surface area contributed by atoms with Gasteiger partial charge in [0.1, 0.15) is 24.5 Å². The van der Waals surface area contributed by atoms with E-state index in [0.717, 1.165) is 16.5 Å². The van der Waals surface area contributed by atoms with Gasteiger partial charge in [-0.15, -0.1) is 0 Å². The second-order valence-corrected chi connectivity index (χ2v) is 11.4. The lowest BCUT2D eigenvalue weighted by Gasteiger charge is -2.11. The molecule has 0 saturated heterocycles. The third kappa shape index (κ3) is 5.62. The molecule has 2 aromatic heterocycles. The topological polar surface area (TPSA) is 136 Å². The number of aromatic nitrogens is 2. The summed E-state index contributed by atoms with van der Waals surface area (Å²) in [7, 11) is -4.23. The maximum absolute atomic E-state index is 12.8. The number of ether oxygens (including phenoxy) is 2. The molecule has 5 aromatic rings. The van der Waals surface area contributed by atoms with Gasteiger partial charge in [-0.3, -0.25) is 4.63 Å². The zero-order valence-corrected chi connectivity index (χ0v) is 23.1. The molecule has 2 heterocycles. The van der Waals surface area contributed by atoms with Gasteiger partial charge >= 0.3 is 16.5 Å². The number of hydrogen-bond acceptors (Lipinski definition) is 9. The van der Waals surface area contributed by atoms with Crippen molar-refractivity contribution >= 4 is 44.0 Å². The zero-order chi connectivity index (χ0) is 28.4. The van der Waals surface area contributed by atoms with Crippen LogP contribution in [0.3, 0.4) is 0 Å². The van der Waals surface area contributed by atoms with Crippen molar-refractivity contribution in [3.8, 4) is 11.6 Å². The Balaban J connectivity index is 1.28. The molecule has 0 aliphatic rings. The average Bonchev–Trinajstić information content (AvgIpc) is 3.29. The minimum absolute atomic E-state index is 0.0428. The van der Waals surface area contributed by atoms with Crippen LogP contribution in [0.5, 0.6) is 11.6 Å². The summed E-state index contributed by atoms with van der Waals surface area (Å²) in [6, 6.07) is 17.5. The molecule has 40 heavy (non-hydrogen) atoms. The van der Waals surface area contributed by atoms with E-state index in [9.17, 15) is 18.4 Å². The van der Waals surface area contributed by atoms with Crippen LogP contribution in [0.25, 0.3) is 11.0 Å². The molecule has 5 rings (SSSR count). The lowest BCUT2D eigenvalue weighted by Crippen LogP contribution is -2.31. The fraction of sp³-hybridized carbons (Fsp3) is 0.148. The largest absolute Gasteiger partial charge is 0.490 e. The third-order valence-electron chi connectivity index (χ3n) is 6.01. The molecule has 0 fully saturated rings. The summed E-state index contributed by atoms with van der Waals surface area (Å²) in [5.74, 6) is -0.111. The first-order chi connectivity index (χ1) is 19.1. The van der Waals surface area contributed by atoms with Gasteiger partial charge in [0.05, 0.1) is 10.1 Å². The minimum Gasteiger partial charge on any atom is -0.490 e. The Bertz CT molecular complexity index is 1850. The number of rotatable bonds is 9. The molecule has 0 aliphatic carbocycles. The third-order valence-corrected chi connectivity index (χ3v) is 8.17. The predicted molar refractivity (Wildman–Crippen MR) is 145 cm³/mol. The van der Waals surface area contributed by atoms with Crippen LogP contribution in [0.2, 0.25) is 10.0 Å². The predicted octanol–water partition coefficient (Wildman–Crippen LogP) is 4.91. The monoisotopic (exact) mass is 602 g/mol. The van der Waals surface area contributed by atoms with Crippen LogP contribution in [0, 0.1) is 12.1 Å². The van der Waals surface area contributed by atoms with E-state index in [1.807, 2.05) is 6.92 Å². The smallest absolute Gasteiger partial charge is 0.415 e. The lowest BCUT2D eigenvalue weighted by atomic mass is 9.99. The summed E-state index contributed by atoms with van der Waals surface area (Å²) in [5, 5.41) is 16.3. The first-order valence-corrected chi connectivity index (χ1v) is 14.0. The molecule has 13 heteroatoms. The molecule has 0 bridgehead atoms. The van der Waals surface area contributed by atoms with Crippen LogP contribution in [0.4, 0.5) is 0 Å². The van der Waals surface area contributed by atoms with Crippen molar-refractivity contribution < 1.29 is 31.8 Å². The maximum Gasteiger partial charge on any atom is 0.415 e. The van der Waals surface area contributed by atoms with Crippen LogP contribution in [-0.2, 0) is 16.3 Å². The second-order valence-electron chi connectivity index (χ2n) is 8.66. The molecule has 0 atom stereocenters. The lowest BCUT2D eigenvalue weighted by molar-refractivity contribution is -0.832. The SMILES string of the molecule is Cc1c(Cc2cc(Cl)cc(Cl)c2)c(=O)oc2cc(OCCOc3no[n+]([O-])c3S(=O)(=O)c3ccccc3)ccc12. The van der Waals surface area contributed by atoms with Crippen LogP contribution >= 0.6 is 23.2 Å². The Labute approximate surface area is 237 Å². The van der Waals surface area contributed by atoms with Gasteiger partial charge in [-0.05, 0) is 65.4 Å². The quantitative estimate of drug-likeness (QED) is 0.131. The Morgan fingerprint density at radius 1 is 0.975 bits per heavy atom. The van der Waals surface area contributed by atoms with E-state index >= 15 is 0 Å². The van der Waals surface area contributed by atoms with Crippen LogP contribution < -0.4 is 20.0 Å². The minimum atomic E-state index is -4.23. The Kier molecular flexibility index (Phi) is 7.70. The van der Waals surface area contributed by atoms with Gasteiger partial charge in [-0.1, -0.05) is 41.4 Å². The van der Waals surface area contributed by atoms with E-state index in [1.54, 1.807) is 42.5 Å². The van der Waals surface area contributed by atoms with Gasteiger partial charge in [-0.2, -0.15) is 0 Å². The molecule has 3 aromatic carbocycles. The standard InChI is InChI=1S/C27H20Cl2N2O8S/c1-16-22-8-7-20(15-24(22)38-27(32)23(16)13-17-11-18(28)14-19(29)12-17)36-9-10-37-25-26(31(33)39-30-25)40(34,35)21-5-3-2-4-6-21/h2-8,11-12,14-15H,9-10,13H2,1H3. The van der Waals surface area contributed by atoms with Crippen molar-refractivity contribution in [2.75, 3.05) is 13.2 Å². The van der Waals surface area contributed by atoms with Gasteiger partial charge in [0.25, 0.3) is 9.84 Å². The zero-order valence-electron chi connectivity index (χ0n) is 20.8. The average molecular weight is 603 g/mol. The van der Waals surface area contributed by atoms with E-state index < -0.39 is 26.4 Å². The van der Waals surface area contributed by atoms with Gasteiger partial charge in [0.15, 0.2) is 0 Å². The molecule has 0 unspecified atom stereocenters. The number of aryl methyl sites for hydroxylation is 1. The Morgan fingerprint density at radius 2 is 1.68 bits per heavy atom. The molecule has 0 spiro atoms. The van der Waals surface area contributed by atoms with Gasteiger partial charge in [0, 0.05) is 33.5 Å². The maximum atomic E-state index is 12.8. The normalized spacial score (nSPS) is 11.6. The molecular weight excluding hydrogens is 583 g/mol. The Morgan fingerprint density at radius 3 is 2.40 bits per heavy atom. The fourth-order valence-corrected chi connectivity index (χ4v) is 5.99. The van der Waals surface area contributed by atoms with Crippen molar-refractivity contribution in [3.05, 3.63) is 109 Å². The number of halogens is 2.